The summed E-state index contributed by atoms with van der Waals surface area (Å²) in [6, 6.07) is 4.03. The van der Waals surface area contributed by atoms with Gasteiger partial charge >= 0.3 is 11.9 Å². The van der Waals surface area contributed by atoms with Crippen molar-refractivity contribution < 1.29 is 28.9 Å². The highest BCUT2D eigenvalue weighted by atomic mass is 16.6. The molecule has 1 aromatic heterocycles. The molecule has 5 atom stereocenters. The van der Waals surface area contributed by atoms with E-state index >= 15 is 0 Å². The number of nitrogens with zero attached hydrogens (tertiary/aromatic N) is 2. The Kier molecular flexibility index (Phi) is 8.92. The molecule has 1 unspecified atom stereocenters. The maximum absolute atomic E-state index is 12.4. The molecule has 7 N–H and O–H groups in total. The van der Waals surface area contributed by atoms with Gasteiger partial charge in [0, 0.05) is 6.42 Å². The number of amidine groups is 1. The van der Waals surface area contributed by atoms with Crippen LogP contribution >= 0.6 is 0 Å². The third-order valence-electron chi connectivity index (χ3n) is 5.39. The maximum atomic E-state index is 12.4. The number of esters is 2. The number of ether oxygens (including phenoxy) is 3. The number of H-pyrrole nitrogens is 1. The van der Waals surface area contributed by atoms with Crippen molar-refractivity contribution in [2.45, 2.75) is 64.1 Å². The number of aromatic amines is 1. The number of aliphatic imine (C=N–C) groups is 1. The van der Waals surface area contributed by atoms with E-state index in [9.17, 15) is 20.0 Å². The molecule has 0 aromatic carbocycles. The normalized spacial score (nSPS) is 25.7. The van der Waals surface area contributed by atoms with Gasteiger partial charge in [-0.05, 0) is 24.0 Å². The van der Waals surface area contributed by atoms with Crippen molar-refractivity contribution in [3.05, 3.63) is 23.5 Å². The predicted molar refractivity (Wildman–Crippen MR) is 122 cm³/mol. The van der Waals surface area contributed by atoms with Gasteiger partial charge in [-0.25, -0.2) is 4.99 Å². The molecule has 0 radical (unpaired) electrons. The summed E-state index contributed by atoms with van der Waals surface area (Å²) in [6.07, 6.45) is -3.23. The van der Waals surface area contributed by atoms with Crippen LogP contribution in [0.2, 0.25) is 0 Å². The summed E-state index contributed by atoms with van der Waals surface area (Å²) in [6.45, 7) is 6.78. The van der Waals surface area contributed by atoms with Crippen LogP contribution in [0.1, 0.15) is 45.5 Å². The van der Waals surface area contributed by atoms with Gasteiger partial charge in [0.25, 0.3) is 0 Å². The van der Waals surface area contributed by atoms with Crippen LogP contribution in [-0.4, -0.2) is 65.2 Å². The van der Waals surface area contributed by atoms with Crippen LogP contribution in [0.3, 0.4) is 0 Å². The predicted octanol–water partition coefficient (Wildman–Crippen LogP) is 0.290. The van der Waals surface area contributed by atoms with Crippen LogP contribution in [0.25, 0.3) is 0 Å². The third-order valence-corrected chi connectivity index (χ3v) is 5.39. The molecule has 186 valence electrons. The Morgan fingerprint density at radius 1 is 1.41 bits per heavy atom. The molecule has 12 nitrogen and oxygen atoms in total. The van der Waals surface area contributed by atoms with E-state index in [2.05, 4.69) is 9.98 Å². The lowest BCUT2D eigenvalue weighted by molar-refractivity contribution is -0.161. The number of carbonyl (C=O) groups excluding carboxylic acids is 2. The van der Waals surface area contributed by atoms with Gasteiger partial charge < -0.3 is 35.8 Å². The molecular weight excluding hydrogens is 444 g/mol. The first-order valence-corrected chi connectivity index (χ1v) is 10.9. The first kappa shape index (κ1) is 27.0. The minimum Gasteiger partial charge on any atom is -0.462 e. The first-order valence-electron chi connectivity index (χ1n) is 10.9. The number of aromatic nitrogens is 1. The number of carbonyl (C=O) groups is 2. The van der Waals surface area contributed by atoms with E-state index in [1.54, 1.807) is 13.8 Å². The second-order valence-electron chi connectivity index (χ2n) is 8.83. The molecule has 1 aromatic rings. The minimum absolute atomic E-state index is 0.00456. The molecule has 2 heterocycles. The number of aliphatic hydroxyl groups excluding tert-OH is 1. The highest BCUT2D eigenvalue weighted by Crippen LogP contribution is 2.41. The lowest BCUT2D eigenvalue weighted by atomic mass is 9.92. The molecule has 2 rings (SSSR count). The first-order chi connectivity index (χ1) is 16.0. The van der Waals surface area contributed by atoms with Crippen molar-refractivity contribution in [1.29, 1.82) is 10.7 Å². The molecule has 1 fully saturated rings. The average Bonchev–Trinajstić information content (AvgIpc) is 3.36. The summed E-state index contributed by atoms with van der Waals surface area (Å²) in [5.41, 5.74) is 10.0. The Balaban J connectivity index is 2.37. The molecule has 0 saturated carbocycles. The van der Waals surface area contributed by atoms with Crippen LogP contribution < -0.4 is 11.5 Å². The Morgan fingerprint density at radius 3 is 2.65 bits per heavy atom. The smallest absolute Gasteiger partial charge is 0.323 e. The summed E-state index contributed by atoms with van der Waals surface area (Å²) in [5.74, 6) is -1.48. The van der Waals surface area contributed by atoms with Crippen molar-refractivity contribution in [1.82, 2.24) is 4.98 Å². The number of rotatable bonds is 10. The van der Waals surface area contributed by atoms with Crippen molar-refractivity contribution in [3.8, 4) is 6.07 Å². The van der Waals surface area contributed by atoms with Crippen molar-refractivity contribution in [2.24, 2.45) is 28.3 Å². The number of hydrogen-bond donors (Lipinski definition) is 5. The summed E-state index contributed by atoms with van der Waals surface area (Å²) in [4.78, 5) is 31.1. The van der Waals surface area contributed by atoms with Crippen LogP contribution in [0.15, 0.2) is 17.1 Å². The monoisotopic (exact) mass is 476 g/mol. The zero-order valence-corrected chi connectivity index (χ0v) is 19.6. The van der Waals surface area contributed by atoms with E-state index in [-0.39, 0.29) is 35.5 Å². The fraction of sp³-hybridized carbons (Fsp3) is 0.591. The molecule has 1 aliphatic heterocycles. The molecule has 34 heavy (non-hydrogen) atoms. The topological polar surface area (TPSA) is 210 Å². The molecule has 0 aliphatic carbocycles. The largest absolute Gasteiger partial charge is 0.462 e. The lowest BCUT2D eigenvalue weighted by Gasteiger charge is -2.24. The van der Waals surface area contributed by atoms with Crippen LogP contribution in [0, 0.1) is 28.6 Å². The lowest BCUT2D eigenvalue weighted by Crippen LogP contribution is -2.43. The maximum Gasteiger partial charge on any atom is 0.323 e. The van der Waals surface area contributed by atoms with E-state index in [0.717, 1.165) is 6.34 Å². The van der Waals surface area contributed by atoms with Gasteiger partial charge in [-0.3, -0.25) is 15.0 Å². The Hall–Kier alpha value is -3.27. The summed E-state index contributed by atoms with van der Waals surface area (Å²) in [5, 5.41) is 28.2. The van der Waals surface area contributed by atoms with Gasteiger partial charge in [0.05, 0.1) is 11.4 Å². The SMILES string of the molecule is CC(C)CC(=O)O[C@@H]1C(COC(=O)[C@@H](N)C(C)C)O[C@@](C#N)(c2ccc(C(N)=NC=N)[nH]2)[C@@H]1O. The van der Waals surface area contributed by atoms with E-state index in [4.69, 9.17) is 31.1 Å². The van der Waals surface area contributed by atoms with Gasteiger partial charge in [-0.1, -0.05) is 27.7 Å². The van der Waals surface area contributed by atoms with Crippen molar-refractivity contribution in [2.75, 3.05) is 6.61 Å². The van der Waals surface area contributed by atoms with Crippen LogP contribution in [-0.2, 0) is 29.4 Å². The molecule has 12 heteroatoms. The highest BCUT2D eigenvalue weighted by Gasteiger charge is 2.59. The third kappa shape index (κ3) is 5.80. The number of hydrogen-bond acceptors (Lipinski definition) is 9. The van der Waals surface area contributed by atoms with Gasteiger partial charge in [0.15, 0.2) is 6.10 Å². The zero-order valence-electron chi connectivity index (χ0n) is 19.6. The summed E-state index contributed by atoms with van der Waals surface area (Å²) >= 11 is 0. The number of aliphatic hydroxyl groups is 1. The summed E-state index contributed by atoms with van der Waals surface area (Å²) in [7, 11) is 0. The second-order valence-corrected chi connectivity index (χ2v) is 8.83. The molecule has 0 amide bonds. The zero-order chi connectivity index (χ0) is 25.6. The van der Waals surface area contributed by atoms with E-state index in [1.165, 1.54) is 12.1 Å². The highest BCUT2D eigenvalue weighted by molar-refractivity contribution is 5.99. The van der Waals surface area contributed by atoms with Crippen molar-refractivity contribution >= 4 is 24.1 Å². The second kappa shape index (κ2) is 11.2. The Labute approximate surface area is 197 Å². The minimum atomic E-state index is -1.98. The van der Waals surface area contributed by atoms with E-state index < -0.39 is 48.5 Å². The Morgan fingerprint density at radius 2 is 2.09 bits per heavy atom. The fourth-order valence-corrected chi connectivity index (χ4v) is 3.42. The fourth-order valence-electron chi connectivity index (χ4n) is 3.42. The average molecular weight is 477 g/mol. The number of nitriles is 1. The van der Waals surface area contributed by atoms with Crippen molar-refractivity contribution in [3.63, 3.8) is 0 Å². The van der Waals surface area contributed by atoms with Gasteiger partial charge in [-0.15, -0.1) is 0 Å². The van der Waals surface area contributed by atoms with Crippen LogP contribution in [0.5, 0.6) is 0 Å². The molecule has 0 bridgehead atoms. The molecule has 0 spiro atoms. The summed E-state index contributed by atoms with van der Waals surface area (Å²) < 4.78 is 16.6. The molecule has 1 saturated heterocycles. The van der Waals surface area contributed by atoms with Gasteiger partial charge in [-0.2, -0.15) is 5.26 Å². The standard InChI is InChI=1S/C22H32N6O6/c1-11(2)7-16(29)33-18-14(8-32-21(31)17(25)12(3)4)34-22(9-23,19(18)30)15-6-5-13(28-15)20(26)27-10-24/h5-6,10-12,14,17-19,28,30H,7-8,25H2,1-4H3,(H3,24,26,27)/t14?,17-,18+,19+,22-/m0/s1. The number of nitrogens with two attached hydrogens (primary N) is 2. The van der Waals surface area contributed by atoms with E-state index in [1.807, 2.05) is 19.9 Å². The molecule has 1 aliphatic rings. The van der Waals surface area contributed by atoms with Gasteiger partial charge in [0.2, 0.25) is 5.60 Å². The Bertz CT molecular complexity index is 967. The van der Waals surface area contributed by atoms with Gasteiger partial charge in [0.1, 0.15) is 43.1 Å². The quantitative estimate of drug-likeness (QED) is 0.178. The van der Waals surface area contributed by atoms with E-state index in [0.29, 0.717) is 0 Å². The molecular formula is C22H32N6O6. The number of nitrogens with one attached hydrogen (secondary N) is 2. The van der Waals surface area contributed by atoms with Crippen LogP contribution in [0.4, 0.5) is 0 Å².